The summed E-state index contributed by atoms with van der Waals surface area (Å²) in [5.74, 6) is 1.69. The first-order chi connectivity index (χ1) is 10.2. The Hall–Kier alpha value is -1.85. The maximum atomic E-state index is 6.09. The standard InChI is InChI=1S/C16H21N3O2/c1-3-21-14-9-13(17)15(14)19-16-12-5-4-11(20-2)8-10(12)6-7-18-16/h4-8,13-15H,3,9,17H2,1-2H3,(H,18,19). The molecule has 21 heavy (non-hydrogen) atoms. The van der Waals surface area contributed by atoms with Gasteiger partial charge in [-0.25, -0.2) is 4.98 Å². The predicted octanol–water partition coefficient (Wildman–Crippen LogP) is 2.16. The Morgan fingerprint density at radius 2 is 2.24 bits per heavy atom. The maximum Gasteiger partial charge on any atom is 0.134 e. The second kappa shape index (κ2) is 5.87. The van der Waals surface area contributed by atoms with Crippen LogP contribution in [0.4, 0.5) is 5.82 Å². The Labute approximate surface area is 124 Å². The van der Waals surface area contributed by atoms with E-state index in [-0.39, 0.29) is 18.2 Å². The minimum atomic E-state index is 0.108. The highest BCUT2D eigenvalue weighted by Crippen LogP contribution is 2.30. The molecule has 3 unspecified atom stereocenters. The van der Waals surface area contributed by atoms with Crippen LogP contribution in [0, 0.1) is 0 Å². The number of nitrogens with two attached hydrogens (primary N) is 1. The monoisotopic (exact) mass is 287 g/mol. The number of nitrogens with zero attached hydrogens (tertiary/aromatic N) is 1. The second-order valence-corrected chi connectivity index (χ2v) is 5.31. The van der Waals surface area contributed by atoms with Crippen LogP contribution >= 0.6 is 0 Å². The van der Waals surface area contributed by atoms with Gasteiger partial charge in [-0.15, -0.1) is 0 Å². The van der Waals surface area contributed by atoms with Gasteiger partial charge in [-0.2, -0.15) is 0 Å². The minimum absolute atomic E-state index is 0.108. The van der Waals surface area contributed by atoms with Crippen LogP contribution in [0.25, 0.3) is 10.8 Å². The summed E-state index contributed by atoms with van der Waals surface area (Å²) in [4.78, 5) is 4.45. The molecule has 0 saturated heterocycles. The van der Waals surface area contributed by atoms with E-state index in [2.05, 4.69) is 10.3 Å². The number of pyridine rings is 1. The lowest BCUT2D eigenvalue weighted by Crippen LogP contribution is -2.60. The van der Waals surface area contributed by atoms with Gasteiger partial charge in [0.05, 0.1) is 19.3 Å². The molecule has 1 aromatic carbocycles. The zero-order valence-corrected chi connectivity index (χ0v) is 12.4. The third-order valence-electron chi connectivity index (χ3n) is 4.02. The summed E-state index contributed by atoms with van der Waals surface area (Å²) in [5.41, 5.74) is 6.09. The molecule has 5 nitrogen and oxygen atoms in total. The van der Waals surface area contributed by atoms with E-state index >= 15 is 0 Å². The van der Waals surface area contributed by atoms with Crippen molar-refractivity contribution in [1.82, 2.24) is 4.98 Å². The van der Waals surface area contributed by atoms with Crippen LogP contribution in [-0.4, -0.2) is 36.9 Å². The van der Waals surface area contributed by atoms with Crippen LogP contribution < -0.4 is 15.8 Å². The first kappa shape index (κ1) is 14.1. The number of nitrogens with one attached hydrogen (secondary N) is 1. The van der Waals surface area contributed by atoms with Gasteiger partial charge in [0.15, 0.2) is 0 Å². The summed E-state index contributed by atoms with van der Waals surface area (Å²) >= 11 is 0. The number of anilines is 1. The summed E-state index contributed by atoms with van der Waals surface area (Å²) in [6, 6.07) is 8.16. The van der Waals surface area contributed by atoms with Crippen molar-refractivity contribution in [3.8, 4) is 5.75 Å². The fraction of sp³-hybridized carbons (Fsp3) is 0.438. The number of rotatable bonds is 5. The lowest BCUT2D eigenvalue weighted by atomic mass is 9.83. The Kier molecular flexibility index (Phi) is 3.94. The van der Waals surface area contributed by atoms with Crippen molar-refractivity contribution in [2.75, 3.05) is 19.0 Å². The molecule has 2 aromatic rings. The lowest BCUT2D eigenvalue weighted by molar-refractivity contribution is -0.0126. The smallest absolute Gasteiger partial charge is 0.134 e. The van der Waals surface area contributed by atoms with Crippen molar-refractivity contribution in [3.63, 3.8) is 0 Å². The zero-order chi connectivity index (χ0) is 14.8. The van der Waals surface area contributed by atoms with Crippen LogP contribution in [0.15, 0.2) is 30.5 Å². The normalized spacial score (nSPS) is 24.6. The Morgan fingerprint density at radius 1 is 1.38 bits per heavy atom. The molecule has 3 N–H and O–H groups in total. The molecular formula is C16H21N3O2. The SMILES string of the molecule is CCOC1CC(N)C1Nc1nccc2cc(OC)ccc12. The topological polar surface area (TPSA) is 69.4 Å². The molecule has 1 aliphatic rings. The number of ether oxygens (including phenoxy) is 2. The van der Waals surface area contributed by atoms with Gasteiger partial charge < -0.3 is 20.5 Å². The van der Waals surface area contributed by atoms with Crippen LogP contribution in [-0.2, 0) is 4.74 Å². The number of aromatic nitrogens is 1. The minimum Gasteiger partial charge on any atom is -0.497 e. The van der Waals surface area contributed by atoms with Crippen LogP contribution in [0.5, 0.6) is 5.75 Å². The molecule has 0 amide bonds. The van der Waals surface area contributed by atoms with E-state index in [0.29, 0.717) is 6.61 Å². The fourth-order valence-electron chi connectivity index (χ4n) is 2.78. The molecule has 1 aliphatic carbocycles. The van der Waals surface area contributed by atoms with Gasteiger partial charge in [0.2, 0.25) is 0 Å². The van der Waals surface area contributed by atoms with E-state index in [1.54, 1.807) is 13.3 Å². The number of benzene rings is 1. The van der Waals surface area contributed by atoms with Gasteiger partial charge in [-0.3, -0.25) is 0 Å². The molecule has 112 valence electrons. The molecule has 1 heterocycles. The Balaban J connectivity index is 1.87. The molecule has 3 atom stereocenters. The van der Waals surface area contributed by atoms with Crippen molar-refractivity contribution in [1.29, 1.82) is 0 Å². The van der Waals surface area contributed by atoms with Crippen molar-refractivity contribution in [2.24, 2.45) is 5.73 Å². The lowest BCUT2D eigenvalue weighted by Gasteiger charge is -2.42. The highest BCUT2D eigenvalue weighted by atomic mass is 16.5. The molecule has 0 aliphatic heterocycles. The van der Waals surface area contributed by atoms with E-state index in [1.807, 2.05) is 31.2 Å². The van der Waals surface area contributed by atoms with Crippen LogP contribution in [0.3, 0.4) is 0 Å². The Bertz CT molecular complexity index is 630. The summed E-state index contributed by atoms with van der Waals surface area (Å²) in [6.45, 7) is 2.71. The molecule has 0 bridgehead atoms. The first-order valence-electron chi connectivity index (χ1n) is 7.29. The second-order valence-electron chi connectivity index (χ2n) is 5.31. The van der Waals surface area contributed by atoms with Crippen LogP contribution in [0.2, 0.25) is 0 Å². The van der Waals surface area contributed by atoms with E-state index in [0.717, 1.165) is 28.8 Å². The zero-order valence-electron chi connectivity index (χ0n) is 12.4. The molecular weight excluding hydrogens is 266 g/mol. The maximum absolute atomic E-state index is 6.09. The largest absolute Gasteiger partial charge is 0.497 e. The predicted molar refractivity (Wildman–Crippen MR) is 83.7 cm³/mol. The molecule has 1 saturated carbocycles. The Morgan fingerprint density at radius 3 is 2.95 bits per heavy atom. The number of fused-ring (bicyclic) bond motifs is 1. The van der Waals surface area contributed by atoms with E-state index in [9.17, 15) is 0 Å². The van der Waals surface area contributed by atoms with Crippen molar-refractivity contribution >= 4 is 16.6 Å². The van der Waals surface area contributed by atoms with Gasteiger partial charge in [-0.05, 0) is 43.0 Å². The van der Waals surface area contributed by atoms with Gasteiger partial charge in [0.1, 0.15) is 11.6 Å². The number of hydrogen-bond donors (Lipinski definition) is 2. The average Bonchev–Trinajstić information content (AvgIpc) is 2.51. The van der Waals surface area contributed by atoms with Crippen molar-refractivity contribution < 1.29 is 9.47 Å². The molecule has 0 spiro atoms. The van der Waals surface area contributed by atoms with E-state index in [1.165, 1.54) is 0 Å². The molecule has 3 rings (SSSR count). The molecule has 0 radical (unpaired) electrons. The summed E-state index contributed by atoms with van der Waals surface area (Å²) in [6.07, 6.45) is 2.86. The van der Waals surface area contributed by atoms with Gasteiger partial charge >= 0.3 is 0 Å². The third-order valence-corrected chi connectivity index (χ3v) is 4.02. The van der Waals surface area contributed by atoms with E-state index in [4.69, 9.17) is 15.2 Å². The molecule has 1 aromatic heterocycles. The van der Waals surface area contributed by atoms with Gasteiger partial charge in [0, 0.05) is 24.2 Å². The third kappa shape index (κ3) is 2.66. The molecule has 1 fully saturated rings. The number of methoxy groups -OCH3 is 1. The first-order valence-corrected chi connectivity index (χ1v) is 7.29. The summed E-state index contributed by atoms with van der Waals surface area (Å²) in [7, 11) is 1.67. The molecule has 5 heteroatoms. The highest BCUT2D eigenvalue weighted by molar-refractivity contribution is 5.92. The van der Waals surface area contributed by atoms with Crippen molar-refractivity contribution in [3.05, 3.63) is 30.5 Å². The average molecular weight is 287 g/mol. The van der Waals surface area contributed by atoms with Crippen molar-refractivity contribution in [2.45, 2.75) is 31.5 Å². The summed E-state index contributed by atoms with van der Waals surface area (Å²) in [5, 5.41) is 5.59. The van der Waals surface area contributed by atoms with Gasteiger partial charge in [-0.1, -0.05) is 0 Å². The quantitative estimate of drug-likeness (QED) is 0.882. The van der Waals surface area contributed by atoms with E-state index < -0.39 is 0 Å². The highest BCUT2D eigenvalue weighted by Gasteiger charge is 2.39. The van der Waals surface area contributed by atoms with Gasteiger partial charge in [0.25, 0.3) is 0 Å². The fourth-order valence-corrected chi connectivity index (χ4v) is 2.78. The van der Waals surface area contributed by atoms with Crippen LogP contribution in [0.1, 0.15) is 13.3 Å². The number of hydrogen-bond acceptors (Lipinski definition) is 5. The summed E-state index contributed by atoms with van der Waals surface area (Å²) < 4.78 is 11.0.